The van der Waals surface area contributed by atoms with Crippen molar-refractivity contribution in [3.05, 3.63) is 11.1 Å². The zero-order valence-corrected chi connectivity index (χ0v) is 10.2. The molecule has 0 amide bonds. The SMILES string of the molecule is CC(O)CCC1=C(CO)CCCC1(C)C. The molecule has 0 heterocycles. The van der Waals surface area contributed by atoms with Crippen LogP contribution in [-0.2, 0) is 0 Å². The van der Waals surface area contributed by atoms with Gasteiger partial charge in [0.05, 0.1) is 12.7 Å². The van der Waals surface area contributed by atoms with Gasteiger partial charge in [-0.25, -0.2) is 0 Å². The van der Waals surface area contributed by atoms with E-state index in [0.717, 1.165) is 19.3 Å². The van der Waals surface area contributed by atoms with Gasteiger partial charge in [0.15, 0.2) is 0 Å². The van der Waals surface area contributed by atoms with E-state index in [1.807, 2.05) is 6.92 Å². The Kier molecular flexibility index (Phi) is 4.35. The van der Waals surface area contributed by atoms with E-state index in [2.05, 4.69) is 13.8 Å². The van der Waals surface area contributed by atoms with Crippen molar-refractivity contribution < 1.29 is 10.2 Å². The Morgan fingerprint density at radius 2 is 2.07 bits per heavy atom. The molecule has 0 spiro atoms. The molecule has 1 atom stereocenters. The zero-order chi connectivity index (χ0) is 11.5. The molecule has 1 rings (SSSR count). The molecule has 0 aliphatic heterocycles. The second kappa shape index (κ2) is 5.13. The third-order valence-electron chi connectivity index (χ3n) is 3.53. The normalized spacial score (nSPS) is 23.0. The molecule has 0 bridgehead atoms. The minimum atomic E-state index is -0.241. The summed E-state index contributed by atoms with van der Waals surface area (Å²) in [7, 11) is 0. The number of allylic oxidation sites excluding steroid dienone is 1. The summed E-state index contributed by atoms with van der Waals surface area (Å²) in [6.45, 7) is 6.52. The van der Waals surface area contributed by atoms with Crippen LogP contribution in [0.4, 0.5) is 0 Å². The zero-order valence-electron chi connectivity index (χ0n) is 10.2. The summed E-state index contributed by atoms with van der Waals surface area (Å²) in [6.07, 6.45) is 4.92. The van der Waals surface area contributed by atoms with E-state index < -0.39 is 0 Å². The van der Waals surface area contributed by atoms with Gasteiger partial charge in [-0.1, -0.05) is 19.4 Å². The predicted molar refractivity (Wildman–Crippen MR) is 62.7 cm³/mol. The summed E-state index contributed by atoms with van der Waals surface area (Å²) >= 11 is 0. The van der Waals surface area contributed by atoms with E-state index in [4.69, 9.17) is 0 Å². The van der Waals surface area contributed by atoms with Crippen LogP contribution < -0.4 is 0 Å². The number of aliphatic hydroxyl groups is 2. The second-order valence-corrected chi connectivity index (χ2v) is 5.37. The van der Waals surface area contributed by atoms with Crippen molar-refractivity contribution in [2.45, 2.75) is 59.0 Å². The molecule has 2 N–H and O–H groups in total. The average molecular weight is 212 g/mol. The highest BCUT2D eigenvalue weighted by Gasteiger charge is 2.29. The first-order valence-electron chi connectivity index (χ1n) is 5.97. The van der Waals surface area contributed by atoms with Gasteiger partial charge in [-0.05, 0) is 50.0 Å². The van der Waals surface area contributed by atoms with Crippen LogP contribution in [0.3, 0.4) is 0 Å². The molecule has 0 saturated heterocycles. The van der Waals surface area contributed by atoms with Gasteiger partial charge in [-0.2, -0.15) is 0 Å². The van der Waals surface area contributed by atoms with Crippen molar-refractivity contribution >= 4 is 0 Å². The van der Waals surface area contributed by atoms with Crippen LogP contribution in [0.1, 0.15) is 52.9 Å². The van der Waals surface area contributed by atoms with Crippen LogP contribution >= 0.6 is 0 Å². The molecule has 1 aliphatic rings. The lowest BCUT2D eigenvalue weighted by molar-refractivity contribution is 0.180. The Bertz CT molecular complexity index is 239. The first kappa shape index (κ1) is 12.7. The molecule has 2 heteroatoms. The molecule has 0 aromatic carbocycles. The van der Waals surface area contributed by atoms with Gasteiger partial charge in [0, 0.05) is 0 Å². The fourth-order valence-corrected chi connectivity index (χ4v) is 2.57. The summed E-state index contributed by atoms with van der Waals surface area (Å²) in [4.78, 5) is 0. The maximum absolute atomic E-state index is 9.34. The lowest BCUT2D eigenvalue weighted by atomic mass is 9.71. The van der Waals surface area contributed by atoms with Crippen molar-refractivity contribution in [2.24, 2.45) is 5.41 Å². The van der Waals surface area contributed by atoms with Crippen LogP contribution in [0.25, 0.3) is 0 Å². The highest BCUT2D eigenvalue weighted by Crippen LogP contribution is 2.42. The Hall–Kier alpha value is -0.340. The Morgan fingerprint density at radius 3 is 2.60 bits per heavy atom. The maximum Gasteiger partial charge on any atom is 0.0644 e. The van der Waals surface area contributed by atoms with Gasteiger partial charge in [-0.15, -0.1) is 0 Å². The molecular weight excluding hydrogens is 188 g/mol. The summed E-state index contributed by atoms with van der Waals surface area (Å²) in [6, 6.07) is 0. The van der Waals surface area contributed by atoms with Crippen LogP contribution in [-0.4, -0.2) is 22.9 Å². The number of aliphatic hydroxyl groups excluding tert-OH is 2. The number of hydrogen-bond donors (Lipinski definition) is 2. The van der Waals surface area contributed by atoms with Crippen LogP contribution in [0, 0.1) is 5.41 Å². The van der Waals surface area contributed by atoms with Crippen molar-refractivity contribution in [2.75, 3.05) is 6.61 Å². The van der Waals surface area contributed by atoms with E-state index in [9.17, 15) is 10.2 Å². The van der Waals surface area contributed by atoms with Gasteiger partial charge in [0.25, 0.3) is 0 Å². The fourth-order valence-electron chi connectivity index (χ4n) is 2.57. The van der Waals surface area contributed by atoms with Gasteiger partial charge >= 0.3 is 0 Å². The first-order valence-corrected chi connectivity index (χ1v) is 5.97. The lowest BCUT2D eigenvalue weighted by Crippen LogP contribution is -2.23. The molecule has 1 unspecified atom stereocenters. The molecule has 0 aromatic rings. The van der Waals surface area contributed by atoms with Crippen molar-refractivity contribution in [1.29, 1.82) is 0 Å². The van der Waals surface area contributed by atoms with Gasteiger partial charge in [-0.3, -0.25) is 0 Å². The number of rotatable bonds is 4. The highest BCUT2D eigenvalue weighted by atomic mass is 16.3. The molecule has 15 heavy (non-hydrogen) atoms. The van der Waals surface area contributed by atoms with Gasteiger partial charge in [0.2, 0.25) is 0 Å². The van der Waals surface area contributed by atoms with E-state index in [0.29, 0.717) is 0 Å². The summed E-state index contributed by atoms with van der Waals surface area (Å²) in [5, 5.41) is 18.7. The van der Waals surface area contributed by atoms with Crippen molar-refractivity contribution in [3.63, 3.8) is 0 Å². The summed E-state index contributed by atoms with van der Waals surface area (Å²) < 4.78 is 0. The minimum Gasteiger partial charge on any atom is -0.393 e. The predicted octanol–water partition coefficient (Wildman–Crippen LogP) is 2.65. The summed E-state index contributed by atoms with van der Waals surface area (Å²) in [5.41, 5.74) is 2.81. The number of hydrogen-bond acceptors (Lipinski definition) is 2. The molecule has 0 aromatic heterocycles. The van der Waals surface area contributed by atoms with E-state index >= 15 is 0 Å². The lowest BCUT2D eigenvalue weighted by Gasteiger charge is -2.35. The minimum absolute atomic E-state index is 0.193. The quantitative estimate of drug-likeness (QED) is 0.703. The molecule has 1 aliphatic carbocycles. The van der Waals surface area contributed by atoms with Crippen LogP contribution in [0.15, 0.2) is 11.1 Å². The van der Waals surface area contributed by atoms with Crippen LogP contribution in [0.5, 0.6) is 0 Å². The Labute approximate surface area is 93.0 Å². The molecule has 0 radical (unpaired) electrons. The molecule has 88 valence electrons. The molecule has 0 saturated carbocycles. The first-order chi connectivity index (χ1) is 6.97. The summed E-state index contributed by atoms with van der Waals surface area (Å²) in [5.74, 6) is 0. The second-order valence-electron chi connectivity index (χ2n) is 5.37. The maximum atomic E-state index is 9.34. The standard InChI is InChI=1S/C13H24O2/c1-10(15)6-7-12-11(9-14)5-4-8-13(12,2)3/h10,14-15H,4-9H2,1-3H3. The van der Waals surface area contributed by atoms with E-state index in [1.54, 1.807) is 0 Å². The average Bonchev–Trinajstić information content (AvgIpc) is 2.14. The Morgan fingerprint density at radius 1 is 1.40 bits per heavy atom. The van der Waals surface area contributed by atoms with Gasteiger partial charge in [0.1, 0.15) is 0 Å². The molecule has 2 nitrogen and oxygen atoms in total. The van der Waals surface area contributed by atoms with Gasteiger partial charge < -0.3 is 10.2 Å². The third-order valence-corrected chi connectivity index (χ3v) is 3.53. The fraction of sp³-hybridized carbons (Fsp3) is 0.846. The largest absolute Gasteiger partial charge is 0.393 e. The highest BCUT2D eigenvalue weighted by molar-refractivity contribution is 5.24. The molecule has 0 fully saturated rings. The monoisotopic (exact) mass is 212 g/mol. The molecular formula is C13H24O2. The van der Waals surface area contributed by atoms with Crippen LogP contribution in [0.2, 0.25) is 0 Å². The van der Waals surface area contributed by atoms with Crippen molar-refractivity contribution in [3.8, 4) is 0 Å². The van der Waals surface area contributed by atoms with E-state index in [-0.39, 0.29) is 18.1 Å². The van der Waals surface area contributed by atoms with Crippen molar-refractivity contribution in [1.82, 2.24) is 0 Å². The Balaban J connectivity index is 2.79. The topological polar surface area (TPSA) is 40.5 Å². The smallest absolute Gasteiger partial charge is 0.0644 e. The van der Waals surface area contributed by atoms with E-state index in [1.165, 1.54) is 24.0 Å². The third kappa shape index (κ3) is 3.32.